The molecule has 0 N–H and O–H groups in total. The topological polar surface area (TPSA) is 75.2 Å². The summed E-state index contributed by atoms with van der Waals surface area (Å²) in [6.07, 6.45) is 4.78. The van der Waals surface area contributed by atoms with Crippen molar-refractivity contribution in [2.75, 3.05) is 5.75 Å². The zero-order valence-corrected chi connectivity index (χ0v) is 11.3. The van der Waals surface area contributed by atoms with Gasteiger partial charge in [-0.2, -0.15) is 5.26 Å². The molecule has 1 saturated carbocycles. The molecule has 0 spiro atoms. The first-order chi connectivity index (χ1) is 9.02. The Bertz CT molecular complexity index is 795. The second kappa shape index (κ2) is 3.81. The van der Waals surface area contributed by atoms with Crippen LogP contribution in [-0.2, 0) is 15.3 Å². The summed E-state index contributed by atoms with van der Waals surface area (Å²) in [5.41, 5.74) is 1.03. The van der Waals surface area contributed by atoms with Crippen LogP contribution in [0.25, 0.3) is 5.65 Å². The zero-order chi connectivity index (χ0) is 13.7. The van der Waals surface area contributed by atoms with Crippen molar-refractivity contribution in [3.63, 3.8) is 0 Å². The summed E-state index contributed by atoms with van der Waals surface area (Å²) >= 11 is 0. The van der Waals surface area contributed by atoms with E-state index < -0.39 is 15.3 Å². The Morgan fingerprint density at radius 2 is 2.21 bits per heavy atom. The number of fused-ring (bicyclic) bond motifs is 1. The Morgan fingerprint density at radius 1 is 1.47 bits per heavy atom. The van der Waals surface area contributed by atoms with Crippen LogP contribution in [0.15, 0.2) is 29.6 Å². The van der Waals surface area contributed by atoms with Gasteiger partial charge in [-0.3, -0.25) is 4.40 Å². The maximum atomic E-state index is 12.0. The van der Waals surface area contributed by atoms with Gasteiger partial charge in [-0.25, -0.2) is 13.4 Å². The Labute approximate surface area is 111 Å². The fourth-order valence-corrected chi connectivity index (χ4v) is 3.16. The number of aromatic nitrogens is 2. The van der Waals surface area contributed by atoms with Crippen LogP contribution in [0.2, 0.25) is 0 Å². The fraction of sp³-hybridized carbons (Fsp3) is 0.385. The monoisotopic (exact) mass is 275 g/mol. The first kappa shape index (κ1) is 12.2. The molecule has 2 aromatic rings. The van der Waals surface area contributed by atoms with Crippen LogP contribution in [0.1, 0.15) is 25.3 Å². The number of pyridine rings is 1. The molecule has 0 aromatic carbocycles. The lowest BCUT2D eigenvalue weighted by Gasteiger charge is -2.08. The number of hydrogen-bond donors (Lipinski definition) is 0. The number of rotatable bonds is 3. The van der Waals surface area contributed by atoms with Gasteiger partial charge in [-0.15, -0.1) is 0 Å². The van der Waals surface area contributed by atoms with Crippen LogP contribution in [0.3, 0.4) is 0 Å². The van der Waals surface area contributed by atoms with Gasteiger partial charge >= 0.3 is 0 Å². The lowest BCUT2D eigenvalue weighted by Crippen LogP contribution is -2.09. The highest BCUT2D eigenvalue weighted by Crippen LogP contribution is 2.47. The Balaban J connectivity index is 2.23. The molecule has 0 bridgehead atoms. The summed E-state index contributed by atoms with van der Waals surface area (Å²) in [6.45, 7) is 1.61. The predicted octanol–water partition coefficient (Wildman–Crippen LogP) is 1.68. The van der Waals surface area contributed by atoms with Gasteiger partial charge in [0.15, 0.2) is 14.9 Å². The molecule has 0 atom stereocenters. The number of nitriles is 1. The average Bonchev–Trinajstić information content (AvgIpc) is 3.10. The van der Waals surface area contributed by atoms with E-state index in [4.69, 9.17) is 0 Å². The Morgan fingerprint density at radius 3 is 2.79 bits per heavy atom. The van der Waals surface area contributed by atoms with Gasteiger partial charge < -0.3 is 0 Å². The van der Waals surface area contributed by atoms with Crippen molar-refractivity contribution in [3.8, 4) is 6.07 Å². The van der Waals surface area contributed by atoms with Gasteiger partial charge in [0.2, 0.25) is 0 Å². The molecule has 6 heteroatoms. The Kier molecular flexibility index (Phi) is 2.44. The van der Waals surface area contributed by atoms with E-state index in [1.807, 2.05) is 6.07 Å². The molecule has 0 aliphatic heterocycles. The third-order valence-electron chi connectivity index (χ3n) is 3.69. The highest BCUT2D eigenvalue weighted by atomic mass is 32.2. The van der Waals surface area contributed by atoms with E-state index >= 15 is 0 Å². The summed E-state index contributed by atoms with van der Waals surface area (Å²) in [6, 6.07) is 5.94. The standard InChI is InChI=1S/C13H13N3O2S/c1-2-19(17,18)12-7-15-11-4-3-10(8-16(11)12)13(9-14)5-6-13/h3-4,7-8H,2,5-6H2,1H3. The molecule has 1 fully saturated rings. The lowest BCUT2D eigenvalue weighted by molar-refractivity contribution is 0.592. The molecule has 3 rings (SSSR count). The number of imidazole rings is 1. The average molecular weight is 275 g/mol. The summed E-state index contributed by atoms with van der Waals surface area (Å²) in [5, 5.41) is 9.41. The first-order valence-electron chi connectivity index (χ1n) is 6.14. The smallest absolute Gasteiger partial charge is 0.195 e. The summed E-state index contributed by atoms with van der Waals surface area (Å²) in [5.74, 6) is 0.0361. The highest BCUT2D eigenvalue weighted by Gasteiger charge is 2.45. The van der Waals surface area contributed by atoms with E-state index in [9.17, 15) is 13.7 Å². The van der Waals surface area contributed by atoms with Crippen LogP contribution >= 0.6 is 0 Å². The van der Waals surface area contributed by atoms with Crippen LogP contribution in [0.5, 0.6) is 0 Å². The minimum Gasteiger partial charge on any atom is -0.290 e. The van der Waals surface area contributed by atoms with Gasteiger partial charge in [0, 0.05) is 6.20 Å². The predicted molar refractivity (Wildman–Crippen MR) is 69.4 cm³/mol. The molecule has 0 radical (unpaired) electrons. The third kappa shape index (κ3) is 1.73. The molecule has 2 aromatic heterocycles. The second-order valence-corrected chi connectivity index (χ2v) is 7.06. The summed E-state index contributed by atoms with van der Waals surface area (Å²) < 4.78 is 25.6. The van der Waals surface area contributed by atoms with E-state index in [0.29, 0.717) is 5.65 Å². The fourth-order valence-electron chi connectivity index (χ4n) is 2.21. The molecule has 98 valence electrons. The molecular formula is C13H13N3O2S. The number of sulfone groups is 1. The lowest BCUT2D eigenvalue weighted by atomic mass is 10.00. The number of nitrogens with zero attached hydrogens (tertiary/aromatic N) is 3. The van der Waals surface area contributed by atoms with Crippen molar-refractivity contribution in [1.82, 2.24) is 9.38 Å². The Hall–Kier alpha value is -1.87. The van der Waals surface area contributed by atoms with E-state index in [1.165, 1.54) is 6.20 Å². The van der Waals surface area contributed by atoms with E-state index in [0.717, 1.165) is 18.4 Å². The number of hydrogen-bond acceptors (Lipinski definition) is 4. The first-order valence-corrected chi connectivity index (χ1v) is 7.79. The van der Waals surface area contributed by atoms with Crippen molar-refractivity contribution in [2.24, 2.45) is 0 Å². The largest absolute Gasteiger partial charge is 0.290 e. The minimum atomic E-state index is -3.31. The van der Waals surface area contributed by atoms with Crippen LogP contribution in [-0.4, -0.2) is 23.6 Å². The van der Waals surface area contributed by atoms with E-state index in [2.05, 4.69) is 11.1 Å². The minimum absolute atomic E-state index is 0.0361. The normalized spacial score (nSPS) is 17.3. The van der Waals surface area contributed by atoms with Crippen LogP contribution < -0.4 is 0 Å². The second-order valence-electron chi connectivity index (χ2n) is 4.84. The molecule has 0 saturated heterocycles. The van der Waals surface area contributed by atoms with Gasteiger partial charge in [0.25, 0.3) is 0 Å². The summed E-state index contributed by atoms with van der Waals surface area (Å²) in [7, 11) is -3.31. The van der Waals surface area contributed by atoms with Crippen LogP contribution in [0, 0.1) is 11.3 Å². The van der Waals surface area contributed by atoms with E-state index in [-0.39, 0.29) is 10.8 Å². The molecule has 1 aliphatic rings. The van der Waals surface area contributed by atoms with Gasteiger partial charge in [-0.1, -0.05) is 13.0 Å². The summed E-state index contributed by atoms with van der Waals surface area (Å²) in [4.78, 5) is 4.10. The molecule has 0 amide bonds. The van der Waals surface area contributed by atoms with Crippen molar-refractivity contribution in [3.05, 3.63) is 30.1 Å². The maximum Gasteiger partial charge on any atom is 0.195 e. The molecule has 2 heterocycles. The SMILES string of the molecule is CCS(=O)(=O)c1cnc2ccc(C3(C#N)CC3)cn12. The third-order valence-corrected chi connectivity index (χ3v) is 5.39. The van der Waals surface area contributed by atoms with Gasteiger partial charge in [0.05, 0.1) is 23.4 Å². The zero-order valence-electron chi connectivity index (χ0n) is 10.5. The molecular weight excluding hydrogens is 262 g/mol. The van der Waals surface area contributed by atoms with Crippen molar-refractivity contribution in [2.45, 2.75) is 30.2 Å². The highest BCUT2D eigenvalue weighted by molar-refractivity contribution is 7.91. The van der Waals surface area contributed by atoms with Crippen molar-refractivity contribution < 1.29 is 8.42 Å². The van der Waals surface area contributed by atoms with Crippen molar-refractivity contribution in [1.29, 1.82) is 5.26 Å². The van der Waals surface area contributed by atoms with Gasteiger partial charge in [-0.05, 0) is 24.5 Å². The molecule has 0 unspecified atom stereocenters. The molecule has 1 aliphatic carbocycles. The quantitative estimate of drug-likeness (QED) is 0.854. The molecule has 5 nitrogen and oxygen atoms in total. The molecule has 19 heavy (non-hydrogen) atoms. The van der Waals surface area contributed by atoms with E-state index in [1.54, 1.807) is 23.6 Å². The maximum absolute atomic E-state index is 12.0. The van der Waals surface area contributed by atoms with Gasteiger partial charge in [0.1, 0.15) is 5.65 Å². The van der Waals surface area contributed by atoms with Crippen LogP contribution in [0.4, 0.5) is 0 Å². The van der Waals surface area contributed by atoms with Crippen molar-refractivity contribution >= 4 is 15.5 Å².